The molecule has 0 saturated heterocycles. The van der Waals surface area contributed by atoms with E-state index in [1.54, 1.807) is 24.5 Å². The van der Waals surface area contributed by atoms with Crippen LogP contribution in [-0.2, 0) is 6.42 Å². The lowest BCUT2D eigenvalue weighted by Crippen LogP contribution is -2.39. The van der Waals surface area contributed by atoms with Crippen molar-refractivity contribution < 1.29 is 9.90 Å². The summed E-state index contributed by atoms with van der Waals surface area (Å²) in [5.41, 5.74) is 1.62. The second kappa shape index (κ2) is 6.66. The summed E-state index contributed by atoms with van der Waals surface area (Å²) < 4.78 is 0. The summed E-state index contributed by atoms with van der Waals surface area (Å²) in [6.45, 7) is -0.0963. The number of nitrogens with one attached hydrogen (secondary N) is 1. The van der Waals surface area contributed by atoms with Crippen LogP contribution in [0.2, 0.25) is 0 Å². The van der Waals surface area contributed by atoms with E-state index in [0.717, 1.165) is 5.56 Å². The molecule has 1 atom stereocenters. The van der Waals surface area contributed by atoms with E-state index >= 15 is 0 Å². The molecular weight excluding hydrogens is 240 g/mol. The maximum absolute atomic E-state index is 12.0. The van der Waals surface area contributed by atoms with Crippen molar-refractivity contribution in [1.82, 2.24) is 10.3 Å². The van der Waals surface area contributed by atoms with E-state index in [0.29, 0.717) is 12.0 Å². The number of aromatic nitrogens is 1. The molecule has 2 N–H and O–H groups in total. The van der Waals surface area contributed by atoms with Gasteiger partial charge in [-0.1, -0.05) is 18.2 Å². The monoisotopic (exact) mass is 256 g/mol. The highest BCUT2D eigenvalue weighted by Crippen LogP contribution is 2.04. The quantitative estimate of drug-likeness (QED) is 0.850. The number of nitrogens with zero attached hydrogens (tertiary/aromatic N) is 1. The van der Waals surface area contributed by atoms with Crippen molar-refractivity contribution in [2.24, 2.45) is 0 Å². The van der Waals surface area contributed by atoms with Crippen LogP contribution in [0.15, 0.2) is 54.9 Å². The highest BCUT2D eigenvalue weighted by atomic mass is 16.3. The van der Waals surface area contributed by atoms with E-state index in [9.17, 15) is 9.90 Å². The van der Waals surface area contributed by atoms with Crippen LogP contribution < -0.4 is 5.32 Å². The van der Waals surface area contributed by atoms with E-state index in [1.165, 1.54) is 0 Å². The number of carbonyl (C=O) groups excluding carboxylic acids is 1. The molecule has 19 heavy (non-hydrogen) atoms. The Hall–Kier alpha value is -2.20. The lowest BCUT2D eigenvalue weighted by Gasteiger charge is -2.16. The molecular formula is C15H16N2O2. The molecule has 0 bridgehead atoms. The van der Waals surface area contributed by atoms with Crippen molar-refractivity contribution in [2.75, 3.05) is 6.61 Å². The Labute approximate surface area is 112 Å². The Kier molecular flexibility index (Phi) is 4.64. The zero-order valence-electron chi connectivity index (χ0n) is 10.5. The minimum Gasteiger partial charge on any atom is -0.394 e. The zero-order chi connectivity index (χ0) is 13.5. The van der Waals surface area contributed by atoms with Gasteiger partial charge in [-0.15, -0.1) is 0 Å². The molecule has 1 aromatic heterocycles. The van der Waals surface area contributed by atoms with Gasteiger partial charge in [0.25, 0.3) is 5.91 Å². The first-order valence-electron chi connectivity index (χ1n) is 6.15. The van der Waals surface area contributed by atoms with Gasteiger partial charge in [0.15, 0.2) is 0 Å². The van der Waals surface area contributed by atoms with Gasteiger partial charge < -0.3 is 10.4 Å². The maximum Gasteiger partial charge on any atom is 0.251 e. The van der Waals surface area contributed by atoms with Crippen LogP contribution in [0.4, 0.5) is 0 Å². The molecule has 1 aromatic carbocycles. The van der Waals surface area contributed by atoms with E-state index < -0.39 is 0 Å². The number of hydrogen-bond donors (Lipinski definition) is 2. The third-order valence-corrected chi connectivity index (χ3v) is 2.82. The molecule has 0 radical (unpaired) electrons. The SMILES string of the molecule is O=C(NC(CO)Cc1ccncc1)c1ccccc1. The maximum atomic E-state index is 12.0. The molecule has 0 spiro atoms. The van der Waals surface area contributed by atoms with Gasteiger partial charge in [-0.25, -0.2) is 0 Å². The van der Waals surface area contributed by atoms with Gasteiger partial charge in [-0.05, 0) is 36.2 Å². The van der Waals surface area contributed by atoms with Crippen LogP contribution >= 0.6 is 0 Å². The highest BCUT2D eigenvalue weighted by molar-refractivity contribution is 5.94. The molecule has 0 aliphatic heterocycles. The summed E-state index contributed by atoms with van der Waals surface area (Å²) in [5, 5.41) is 12.2. The second-order valence-corrected chi connectivity index (χ2v) is 4.28. The number of amides is 1. The van der Waals surface area contributed by atoms with Gasteiger partial charge in [0, 0.05) is 18.0 Å². The summed E-state index contributed by atoms with van der Waals surface area (Å²) in [4.78, 5) is 15.9. The Morgan fingerprint density at radius 3 is 2.47 bits per heavy atom. The second-order valence-electron chi connectivity index (χ2n) is 4.28. The fraction of sp³-hybridized carbons (Fsp3) is 0.200. The van der Waals surface area contributed by atoms with Gasteiger partial charge in [-0.3, -0.25) is 9.78 Å². The van der Waals surface area contributed by atoms with Crippen molar-refractivity contribution in [3.63, 3.8) is 0 Å². The van der Waals surface area contributed by atoms with Crippen LogP contribution in [-0.4, -0.2) is 28.6 Å². The molecule has 1 heterocycles. The van der Waals surface area contributed by atoms with Crippen LogP contribution in [0.3, 0.4) is 0 Å². The van der Waals surface area contributed by atoms with Gasteiger partial charge in [0.2, 0.25) is 0 Å². The van der Waals surface area contributed by atoms with Crippen LogP contribution in [0.1, 0.15) is 15.9 Å². The number of rotatable bonds is 5. The van der Waals surface area contributed by atoms with Crippen LogP contribution in [0, 0.1) is 0 Å². The predicted molar refractivity (Wildman–Crippen MR) is 72.7 cm³/mol. The molecule has 2 aromatic rings. The highest BCUT2D eigenvalue weighted by Gasteiger charge is 2.13. The first-order chi connectivity index (χ1) is 9.29. The number of pyridine rings is 1. The molecule has 1 amide bonds. The van der Waals surface area contributed by atoms with E-state index in [2.05, 4.69) is 10.3 Å². The number of aliphatic hydroxyl groups excluding tert-OH is 1. The molecule has 0 fully saturated rings. The lowest BCUT2D eigenvalue weighted by molar-refractivity contribution is 0.0916. The molecule has 0 saturated carbocycles. The Bertz CT molecular complexity index is 514. The van der Waals surface area contributed by atoms with Gasteiger partial charge in [-0.2, -0.15) is 0 Å². The fourth-order valence-electron chi connectivity index (χ4n) is 1.82. The summed E-state index contributed by atoms with van der Waals surface area (Å²) in [6.07, 6.45) is 3.98. The van der Waals surface area contributed by atoms with Crippen molar-refractivity contribution >= 4 is 5.91 Å². The van der Waals surface area contributed by atoms with Gasteiger partial charge >= 0.3 is 0 Å². The Balaban J connectivity index is 1.98. The molecule has 4 heteroatoms. The standard InChI is InChI=1S/C15H16N2O2/c18-11-14(10-12-6-8-16-9-7-12)17-15(19)13-4-2-1-3-5-13/h1-9,14,18H,10-11H2,(H,17,19). The van der Waals surface area contributed by atoms with Gasteiger partial charge in [0.1, 0.15) is 0 Å². The fourth-order valence-corrected chi connectivity index (χ4v) is 1.82. The van der Waals surface area contributed by atoms with Gasteiger partial charge in [0.05, 0.1) is 12.6 Å². The molecule has 0 aliphatic rings. The number of benzene rings is 1. The van der Waals surface area contributed by atoms with Crippen LogP contribution in [0.25, 0.3) is 0 Å². The number of carbonyl (C=O) groups is 1. The minimum absolute atomic E-state index is 0.0963. The normalized spacial score (nSPS) is 11.8. The molecule has 4 nitrogen and oxygen atoms in total. The van der Waals surface area contributed by atoms with Crippen molar-refractivity contribution in [1.29, 1.82) is 0 Å². The minimum atomic E-state index is -0.296. The van der Waals surface area contributed by atoms with Crippen molar-refractivity contribution in [2.45, 2.75) is 12.5 Å². The first kappa shape index (κ1) is 13.2. The van der Waals surface area contributed by atoms with E-state index in [1.807, 2.05) is 30.3 Å². The smallest absolute Gasteiger partial charge is 0.251 e. The third-order valence-electron chi connectivity index (χ3n) is 2.82. The van der Waals surface area contributed by atoms with Crippen molar-refractivity contribution in [3.05, 3.63) is 66.0 Å². The number of aliphatic hydroxyl groups is 1. The summed E-state index contributed by atoms with van der Waals surface area (Å²) in [7, 11) is 0. The largest absolute Gasteiger partial charge is 0.394 e. The molecule has 98 valence electrons. The van der Waals surface area contributed by atoms with Crippen molar-refractivity contribution in [3.8, 4) is 0 Å². The topological polar surface area (TPSA) is 62.2 Å². The third kappa shape index (κ3) is 3.89. The lowest BCUT2D eigenvalue weighted by atomic mass is 10.1. The molecule has 0 aliphatic carbocycles. The van der Waals surface area contributed by atoms with E-state index in [4.69, 9.17) is 0 Å². The van der Waals surface area contributed by atoms with E-state index in [-0.39, 0.29) is 18.6 Å². The first-order valence-corrected chi connectivity index (χ1v) is 6.15. The average molecular weight is 256 g/mol. The summed E-state index contributed by atoms with van der Waals surface area (Å²) in [6, 6.07) is 12.4. The molecule has 1 unspecified atom stereocenters. The number of hydrogen-bond acceptors (Lipinski definition) is 3. The molecule has 2 rings (SSSR count). The summed E-state index contributed by atoms with van der Waals surface area (Å²) >= 11 is 0. The summed E-state index contributed by atoms with van der Waals surface area (Å²) in [5.74, 6) is -0.172. The van der Waals surface area contributed by atoms with Crippen LogP contribution in [0.5, 0.6) is 0 Å². The zero-order valence-corrected chi connectivity index (χ0v) is 10.5. The predicted octanol–water partition coefficient (Wildman–Crippen LogP) is 1.41. The average Bonchev–Trinajstić information content (AvgIpc) is 2.48. The Morgan fingerprint density at radius 1 is 1.16 bits per heavy atom. The Morgan fingerprint density at radius 2 is 1.84 bits per heavy atom.